The number of carbonyl (C=O) groups excluding carboxylic acids is 2. The summed E-state index contributed by atoms with van der Waals surface area (Å²) in [4.78, 5) is 32.0. The summed E-state index contributed by atoms with van der Waals surface area (Å²) in [5, 5.41) is 12.0. The van der Waals surface area contributed by atoms with Crippen LogP contribution in [0.5, 0.6) is 0 Å². The number of likely N-dealkylation sites (tertiary alicyclic amines) is 1. The number of nitrogens with zero attached hydrogens (tertiary/aromatic N) is 3. The summed E-state index contributed by atoms with van der Waals surface area (Å²) < 4.78 is 5.55. The number of amides is 2. The minimum atomic E-state index is -0.273. The molecule has 1 aromatic carbocycles. The van der Waals surface area contributed by atoms with Crippen molar-refractivity contribution in [1.29, 1.82) is 5.26 Å². The maximum Gasteiger partial charge on any atom is 0.253 e. The number of carbonyl (C=O) groups is 2. The number of nitrogens with one attached hydrogen (secondary N) is 1. The Balaban J connectivity index is 1.50. The topological polar surface area (TPSA) is 95.3 Å². The first-order valence-electron chi connectivity index (χ1n) is 10.2. The molecule has 0 saturated carbocycles. The quantitative estimate of drug-likeness (QED) is 0.842. The Morgan fingerprint density at radius 2 is 1.87 bits per heavy atom. The monoisotopic (exact) mass is 404 g/mol. The van der Waals surface area contributed by atoms with Crippen LogP contribution in [-0.4, -0.2) is 48.0 Å². The maximum atomic E-state index is 13.1. The summed E-state index contributed by atoms with van der Waals surface area (Å²) in [7, 11) is 0. The summed E-state index contributed by atoms with van der Waals surface area (Å²) >= 11 is 0. The molecule has 0 aliphatic carbocycles. The molecule has 154 valence electrons. The third-order valence-corrected chi connectivity index (χ3v) is 6.22. The molecule has 1 unspecified atom stereocenters. The Morgan fingerprint density at radius 1 is 1.17 bits per heavy atom. The van der Waals surface area contributed by atoms with Gasteiger partial charge >= 0.3 is 0 Å². The van der Waals surface area contributed by atoms with E-state index in [0.29, 0.717) is 44.0 Å². The molecule has 2 aromatic rings. The molecule has 0 radical (unpaired) electrons. The molecule has 7 nitrogen and oxygen atoms in total. The number of rotatable bonds is 4. The van der Waals surface area contributed by atoms with Gasteiger partial charge in [-0.3, -0.25) is 14.6 Å². The Morgan fingerprint density at radius 3 is 2.53 bits per heavy atom. The minimum absolute atomic E-state index is 0.0242. The van der Waals surface area contributed by atoms with Crippen molar-refractivity contribution in [1.82, 2.24) is 15.2 Å². The van der Waals surface area contributed by atoms with E-state index in [1.807, 2.05) is 12.1 Å². The van der Waals surface area contributed by atoms with Gasteiger partial charge < -0.3 is 15.0 Å². The van der Waals surface area contributed by atoms with Crippen LogP contribution in [0.1, 0.15) is 34.3 Å². The van der Waals surface area contributed by atoms with Crippen molar-refractivity contribution in [2.45, 2.75) is 19.4 Å². The van der Waals surface area contributed by atoms with Crippen LogP contribution in [0.15, 0.2) is 48.8 Å². The second kappa shape index (κ2) is 8.64. The Bertz CT molecular complexity index is 947. The molecule has 1 spiro atoms. The highest BCUT2D eigenvalue weighted by atomic mass is 16.5. The minimum Gasteiger partial charge on any atom is -0.381 e. The first-order valence-corrected chi connectivity index (χ1v) is 10.2. The third-order valence-electron chi connectivity index (χ3n) is 6.22. The van der Waals surface area contributed by atoms with E-state index in [-0.39, 0.29) is 23.1 Å². The van der Waals surface area contributed by atoms with E-state index in [4.69, 9.17) is 10.00 Å². The fourth-order valence-corrected chi connectivity index (χ4v) is 4.45. The number of nitriles is 1. The molecule has 30 heavy (non-hydrogen) atoms. The van der Waals surface area contributed by atoms with Crippen molar-refractivity contribution >= 4 is 11.8 Å². The van der Waals surface area contributed by atoms with Gasteiger partial charge in [-0.25, -0.2) is 0 Å². The smallest absolute Gasteiger partial charge is 0.253 e. The fourth-order valence-electron chi connectivity index (χ4n) is 4.45. The molecule has 1 aromatic heterocycles. The predicted molar refractivity (Wildman–Crippen MR) is 109 cm³/mol. The average Bonchev–Trinajstić information content (AvgIpc) is 3.16. The van der Waals surface area contributed by atoms with Gasteiger partial charge in [0.15, 0.2) is 0 Å². The summed E-state index contributed by atoms with van der Waals surface area (Å²) in [6, 6.07) is 12.5. The highest BCUT2D eigenvalue weighted by Gasteiger charge is 2.51. The standard InChI is InChI=1S/C23H24N4O3/c24-13-17-1-3-19(4-2-17)22(29)27-15-20(23(16-27)7-11-30-12-8-23)21(28)26-14-18-5-9-25-10-6-18/h1-6,9-10,20H,7-8,11-12,14-16H2,(H,26,28). The molecule has 7 heteroatoms. The number of pyridine rings is 1. The number of benzene rings is 1. The van der Waals surface area contributed by atoms with E-state index in [0.717, 1.165) is 18.4 Å². The first-order chi connectivity index (χ1) is 14.6. The number of aromatic nitrogens is 1. The van der Waals surface area contributed by atoms with Crippen LogP contribution in [0, 0.1) is 22.7 Å². The molecular weight excluding hydrogens is 380 g/mol. The van der Waals surface area contributed by atoms with Crippen LogP contribution in [-0.2, 0) is 16.1 Å². The summed E-state index contributed by atoms with van der Waals surface area (Å²) in [5.41, 5.74) is 1.78. The molecule has 2 aliphatic heterocycles. The molecule has 3 heterocycles. The lowest BCUT2D eigenvalue weighted by Crippen LogP contribution is -2.44. The Kier molecular flexibility index (Phi) is 5.77. The van der Waals surface area contributed by atoms with Crippen LogP contribution in [0.4, 0.5) is 0 Å². The molecule has 2 saturated heterocycles. The van der Waals surface area contributed by atoms with Gasteiger partial charge in [-0.15, -0.1) is 0 Å². The van der Waals surface area contributed by atoms with Crippen molar-refractivity contribution < 1.29 is 14.3 Å². The highest BCUT2D eigenvalue weighted by Crippen LogP contribution is 2.44. The molecule has 2 fully saturated rings. The lowest BCUT2D eigenvalue weighted by Gasteiger charge is -2.37. The molecule has 2 amide bonds. The van der Waals surface area contributed by atoms with E-state index < -0.39 is 0 Å². The number of ether oxygens (including phenoxy) is 1. The van der Waals surface area contributed by atoms with E-state index in [1.165, 1.54) is 0 Å². The van der Waals surface area contributed by atoms with Crippen LogP contribution < -0.4 is 5.32 Å². The fraction of sp³-hybridized carbons (Fsp3) is 0.391. The van der Waals surface area contributed by atoms with Gasteiger partial charge in [0.05, 0.1) is 17.6 Å². The van der Waals surface area contributed by atoms with Crippen molar-refractivity contribution in [2.75, 3.05) is 26.3 Å². The average molecular weight is 404 g/mol. The van der Waals surface area contributed by atoms with Gasteiger partial charge in [0.2, 0.25) is 5.91 Å². The summed E-state index contributed by atoms with van der Waals surface area (Å²) in [6.07, 6.45) is 4.93. The van der Waals surface area contributed by atoms with E-state index in [9.17, 15) is 9.59 Å². The highest BCUT2D eigenvalue weighted by molar-refractivity contribution is 5.95. The normalized spacial score (nSPS) is 20.0. The van der Waals surface area contributed by atoms with Crippen LogP contribution >= 0.6 is 0 Å². The summed E-state index contributed by atoms with van der Waals surface area (Å²) in [6.45, 7) is 2.58. The zero-order valence-electron chi connectivity index (χ0n) is 16.7. The predicted octanol–water partition coefficient (Wildman–Crippen LogP) is 2.14. The first kappa shape index (κ1) is 20.0. The molecule has 4 rings (SSSR count). The maximum absolute atomic E-state index is 13.1. The lowest BCUT2D eigenvalue weighted by molar-refractivity contribution is -0.130. The Labute approximate surface area is 175 Å². The van der Waals surface area contributed by atoms with Gasteiger partial charge in [-0.1, -0.05) is 0 Å². The second-order valence-electron chi connectivity index (χ2n) is 7.98. The van der Waals surface area contributed by atoms with E-state index in [2.05, 4.69) is 16.4 Å². The van der Waals surface area contributed by atoms with Crippen LogP contribution in [0.25, 0.3) is 0 Å². The molecule has 2 aliphatic rings. The Hall–Kier alpha value is -3.24. The molecule has 1 atom stereocenters. The second-order valence-corrected chi connectivity index (χ2v) is 7.98. The molecular formula is C23H24N4O3. The zero-order valence-corrected chi connectivity index (χ0v) is 16.7. The van der Waals surface area contributed by atoms with E-state index >= 15 is 0 Å². The van der Waals surface area contributed by atoms with Crippen LogP contribution in [0.3, 0.4) is 0 Å². The summed E-state index contributed by atoms with van der Waals surface area (Å²) in [5.74, 6) is -0.399. The SMILES string of the molecule is N#Cc1ccc(C(=O)N2CC(C(=O)NCc3ccncc3)C3(CCOCC3)C2)cc1. The van der Waals surface area contributed by atoms with Crippen molar-refractivity contribution in [2.24, 2.45) is 11.3 Å². The van der Waals surface area contributed by atoms with Gasteiger partial charge in [0.1, 0.15) is 0 Å². The molecule has 1 N–H and O–H groups in total. The zero-order chi connectivity index (χ0) is 21.0. The molecule has 0 bridgehead atoms. The van der Waals surface area contributed by atoms with Gasteiger partial charge in [-0.05, 0) is 54.8 Å². The number of hydrogen-bond acceptors (Lipinski definition) is 5. The lowest BCUT2D eigenvalue weighted by atomic mass is 9.71. The van der Waals surface area contributed by atoms with Crippen LogP contribution in [0.2, 0.25) is 0 Å². The van der Waals surface area contributed by atoms with Crippen molar-refractivity contribution in [3.8, 4) is 6.07 Å². The number of hydrogen-bond donors (Lipinski definition) is 1. The van der Waals surface area contributed by atoms with E-state index in [1.54, 1.807) is 41.6 Å². The van der Waals surface area contributed by atoms with Gasteiger partial charge in [0.25, 0.3) is 5.91 Å². The van der Waals surface area contributed by atoms with Gasteiger partial charge in [0, 0.05) is 56.2 Å². The van der Waals surface area contributed by atoms with Gasteiger partial charge in [-0.2, -0.15) is 5.26 Å². The largest absolute Gasteiger partial charge is 0.381 e. The van der Waals surface area contributed by atoms with Crippen molar-refractivity contribution in [3.05, 3.63) is 65.5 Å². The van der Waals surface area contributed by atoms with Crippen molar-refractivity contribution in [3.63, 3.8) is 0 Å². The third kappa shape index (κ3) is 4.05.